The van der Waals surface area contributed by atoms with E-state index in [4.69, 9.17) is 9.47 Å². The van der Waals surface area contributed by atoms with Crippen LogP contribution in [0.2, 0.25) is 0 Å². The Balaban J connectivity index is 1.28. The number of halogens is 3. The zero-order valence-electron chi connectivity index (χ0n) is 17.8. The standard InChI is InChI=1S/C24H24F3N3O3/c25-24(26,27)18-8-6-16(7-9-18)10-12-23-13-11-20(31)22(33-23)21(32-23)19-15-30(29-28-19)14-17-4-2-1-3-5-17/h1-9,15,20-22,31H,10-14H2. The van der Waals surface area contributed by atoms with Crippen molar-refractivity contribution in [2.75, 3.05) is 0 Å². The van der Waals surface area contributed by atoms with Gasteiger partial charge in [0.25, 0.3) is 0 Å². The van der Waals surface area contributed by atoms with E-state index in [-0.39, 0.29) is 0 Å². The zero-order chi connectivity index (χ0) is 23.1. The summed E-state index contributed by atoms with van der Waals surface area (Å²) in [5.74, 6) is -0.902. The first-order valence-electron chi connectivity index (χ1n) is 11.0. The highest BCUT2D eigenvalue weighted by atomic mass is 19.4. The van der Waals surface area contributed by atoms with Crippen molar-refractivity contribution in [2.24, 2.45) is 0 Å². The van der Waals surface area contributed by atoms with E-state index in [9.17, 15) is 18.3 Å². The zero-order valence-corrected chi connectivity index (χ0v) is 17.8. The smallest absolute Gasteiger partial charge is 0.390 e. The summed E-state index contributed by atoms with van der Waals surface area (Å²) in [4.78, 5) is 0. The lowest BCUT2D eigenvalue weighted by Gasteiger charge is -2.33. The molecule has 4 unspecified atom stereocenters. The molecular weight excluding hydrogens is 435 g/mol. The van der Waals surface area contributed by atoms with Crippen molar-refractivity contribution in [3.8, 4) is 0 Å². The van der Waals surface area contributed by atoms with Crippen LogP contribution in [0, 0.1) is 0 Å². The van der Waals surface area contributed by atoms with Gasteiger partial charge in [-0.3, -0.25) is 0 Å². The normalized spacial score (nSPS) is 27.1. The minimum atomic E-state index is -4.35. The number of aryl methyl sites for hydroxylation is 1. The van der Waals surface area contributed by atoms with Crippen LogP contribution in [0.4, 0.5) is 13.2 Å². The molecule has 1 aromatic heterocycles. The second kappa shape index (κ2) is 8.55. The highest BCUT2D eigenvalue weighted by Gasteiger charge is 2.54. The van der Waals surface area contributed by atoms with Crippen LogP contribution in [0.3, 0.4) is 0 Å². The van der Waals surface area contributed by atoms with Crippen LogP contribution in [0.15, 0.2) is 60.8 Å². The Morgan fingerprint density at radius 1 is 1.03 bits per heavy atom. The van der Waals surface area contributed by atoms with E-state index in [0.29, 0.717) is 37.9 Å². The second-order valence-corrected chi connectivity index (χ2v) is 8.66. The van der Waals surface area contributed by atoms with Gasteiger partial charge in [-0.05, 0) is 36.1 Å². The van der Waals surface area contributed by atoms with Gasteiger partial charge >= 0.3 is 6.18 Å². The summed E-state index contributed by atoms with van der Waals surface area (Å²) in [5.41, 5.74) is 1.78. The molecule has 2 aromatic carbocycles. The maximum absolute atomic E-state index is 12.8. The van der Waals surface area contributed by atoms with Gasteiger partial charge in [-0.15, -0.1) is 5.10 Å². The van der Waals surface area contributed by atoms with Crippen molar-refractivity contribution in [1.82, 2.24) is 15.0 Å². The Labute approximate surface area is 188 Å². The second-order valence-electron chi connectivity index (χ2n) is 8.66. The van der Waals surface area contributed by atoms with Crippen LogP contribution < -0.4 is 0 Å². The van der Waals surface area contributed by atoms with Crippen LogP contribution in [0.1, 0.15) is 47.8 Å². The fourth-order valence-corrected chi connectivity index (χ4v) is 4.52. The van der Waals surface area contributed by atoms with Gasteiger partial charge in [0, 0.05) is 12.8 Å². The Kier molecular flexibility index (Phi) is 5.72. The molecule has 33 heavy (non-hydrogen) atoms. The number of nitrogens with zero attached hydrogens (tertiary/aromatic N) is 3. The van der Waals surface area contributed by atoms with Crippen molar-refractivity contribution >= 4 is 0 Å². The van der Waals surface area contributed by atoms with Crippen LogP contribution in [-0.4, -0.2) is 38.1 Å². The largest absolute Gasteiger partial charge is 0.416 e. The fourth-order valence-electron chi connectivity index (χ4n) is 4.52. The number of aliphatic hydroxyl groups excluding tert-OH is 1. The van der Waals surface area contributed by atoms with E-state index >= 15 is 0 Å². The monoisotopic (exact) mass is 459 g/mol. The van der Waals surface area contributed by atoms with Crippen molar-refractivity contribution in [1.29, 1.82) is 0 Å². The predicted octanol–water partition coefficient (Wildman–Crippen LogP) is 4.29. The van der Waals surface area contributed by atoms with Crippen LogP contribution in [-0.2, 0) is 28.6 Å². The van der Waals surface area contributed by atoms with Gasteiger partial charge in [-0.1, -0.05) is 47.7 Å². The molecule has 3 heterocycles. The molecule has 5 rings (SSSR count). The SMILES string of the molecule is OC1CCC2(CCc3ccc(C(F)(F)F)cc3)OC(c3cn(Cc4ccccc4)nn3)C1O2. The number of hydrogen-bond acceptors (Lipinski definition) is 5. The first-order valence-corrected chi connectivity index (χ1v) is 11.0. The molecule has 2 aliphatic heterocycles. The molecular formula is C24H24F3N3O3. The molecule has 1 N–H and O–H groups in total. The van der Waals surface area contributed by atoms with E-state index in [1.54, 1.807) is 10.9 Å². The number of rotatable bonds is 6. The third kappa shape index (κ3) is 4.66. The van der Waals surface area contributed by atoms with Gasteiger partial charge in [-0.2, -0.15) is 13.2 Å². The number of hydrogen-bond donors (Lipinski definition) is 1. The molecule has 3 aromatic rings. The molecule has 4 atom stereocenters. The highest BCUT2D eigenvalue weighted by Crippen LogP contribution is 2.48. The number of ether oxygens (including phenoxy) is 2. The fraction of sp³-hybridized carbons (Fsp3) is 0.417. The minimum Gasteiger partial charge on any atom is -0.390 e. The van der Waals surface area contributed by atoms with E-state index in [0.717, 1.165) is 23.3 Å². The lowest BCUT2D eigenvalue weighted by molar-refractivity contribution is -0.214. The summed E-state index contributed by atoms with van der Waals surface area (Å²) in [5, 5.41) is 19.0. The van der Waals surface area contributed by atoms with E-state index in [2.05, 4.69) is 10.3 Å². The maximum atomic E-state index is 12.8. The summed E-state index contributed by atoms with van der Waals surface area (Å²) in [6.45, 7) is 0.563. The molecule has 2 bridgehead atoms. The summed E-state index contributed by atoms with van der Waals surface area (Å²) >= 11 is 0. The van der Waals surface area contributed by atoms with Crippen LogP contribution in [0.5, 0.6) is 0 Å². The summed E-state index contributed by atoms with van der Waals surface area (Å²) in [6.07, 6.45) is -2.37. The van der Waals surface area contributed by atoms with E-state index in [1.807, 2.05) is 30.3 Å². The third-order valence-electron chi connectivity index (χ3n) is 6.30. The molecule has 6 nitrogen and oxygen atoms in total. The molecule has 174 valence electrons. The molecule has 0 spiro atoms. The van der Waals surface area contributed by atoms with Crippen molar-refractivity contribution < 1.29 is 27.8 Å². The molecule has 2 fully saturated rings. The van der Waals surface area contributed by atoms with Crippen molar-refractivity contribution in [2.45, 2.75) is 62.5 Å². The van der Waals surface area contributed by atoms with E-state index in [1.165, 1.54) is 12.1 Å². The summed E-state index contributed by atoms with van der Waals surface area (Å²) < 4.78 is 52.6. The van der Waals surface area contributed by atoms with Gasteiger partial charge < -0.3 is 14.6 Å². The number of alkyl halides is 3. The van der Waals surface area contributed by atoms with Gasteiger partial charge in [0.05, 0.1) is 24.4 Å². The number of aliphatic hydroxyl groups is 1. The van der Waals surface area contributed by atoms with Gasteiger partial charge in [0.15, 0.2) is 5.79 Å². The maximum Gasteiger partial charge on any atom is 0.416 e. The van der Waals surface area contributed by atoms with Crippen molar-refractivity contribution in [3.05, 3.63) is 83.2 Å². The first-order chi connectivity index (χ1) is 15.8. The molecule has 0 amide bonds. The predicted molar refractivity (Wildman–Crippen MR) is 112 cm³/mol. The molecule has 0 aliphatic carbocycles. The lowest BCUT2D eigenvalue weighted by Crippen LogP contribution is -2.41. The molecule has 0 radical (unpaired) electrons. The molecule has 2 aliphatic rings. The van der Waals surface area contributed by atoms with Crippen molar-refractivity contribution in [3.63, 3.8) is 0 Å². The number of benzene rings is 2. The van der Waals surface area contributed by atoms with Gasteiger partial charge in [0.1, 0.15) is 17.9 Å². The molecule has 9 heteroatoms. The average Bonchev–Trinajstić information content (AvgIpc) is 3.39. The number of fused-ring (bicyclic) bond motifs is 2. The van der Waals surface area contributed by atoms with Crippen LogP contribution >= 0.6 is 0 Å². The topological polar surface area (TPSA) is 69.4 Å². The van der Waals surface area contributed by atoms with Gasteiger partial charge in [-0.25, -0.2) is 4.68 Å². The summed E-state index contributed by atoms with van der Waals surface area (Å²) in [7, 11) is 0. The Morgan fingerprint density at radius 2 is 1.79 bits per heavy atom. The Hall–Kier alpha value is -2.75. The first kappa shape index (κ1) is 22.1. The highest BCUT2D eigenvalue weighted by molar-refractivity contribution is 5.25. The molecule has 2 saturated heterocycles. The van der Waals surface area contributed by atoms with E-state index < -0.39 is 35.8 Å². The van der Waals surface area contributed by atoms with Crippen LogP contribution in [0.25, 0.3) is 0 Å². The third-order valence-corrected chi connectivity index (χ3v) is 6.30. The molecule has 0 saturated carbocycles. The number of aromatic nitrogens is 3. The quantitative estimate of drug-likeness (QED) is 0.596. The summed E-state index contributed by atoms with van der Waals surface area (Å²) in [6, 6.07) is 15.0. The van der Waals surface area contributed by atoms with Gasteiger partial charge in [0.2, 0.25) is 0 Å². The Morgan fingerprint density at radius 3 is 2.52 bits per heavy atom. The minimum absolute atomic E-state index is 0.468. The Bertz CT molecular complexity index is 1090. The average molecular weight is 459 g/mol. The lowest BCUT2D eigenvalue weighted by atomic mass is 9.94.